The smallest absolute Gasteiger partial charge is 0.407 e. The first-order valence-electron chi connectivity index (χ1n) is 4.61. The first kappa shape index (κ1) is 13.2. The van der Waals surface area contributed by atoms with E-state index in [-0.39, 0.29) is 13.2 Å². The third-order valence-corrected chi connectivity index (χ3v) is 1.36. The largest absolute Gasteiger partial charge is 0.444 e. The van der Waals surface area contributed by atoms with Gasteiger partial charge < -0.3 is 20.3 Å². The topological polar surface area (TPSA) is 78.8 Å². The van der Waals surface area contributed by atoms with Crippen LogP contribution in [0, 0.1) is 0 Å². The number of hydrogen-bond donors (Lipinski definition) is 3. The summed E-state index contributed by atoms with van der Waals surface area (Å²) in [6, 6.07) is 0. The first-order valence-corrected chi connectivity index (χ1v) is 4.61. The predicted molar refractivity (Wildman–Crippen MR) is 51.9 cm³/mol. The number of nitrogens with one attached hydrogen (secondary N) is 1. The molecule has 0 aromatic heterocycles. The van der Waals surface area contributed by atoms with Gasteiger partial charge in [0.1, 0.15) is 5.60 Å². The van der Waals surface area contributed by atoms with Crippen LogP contribution in [0.25, 0.3) is 0 Å². The van der Waals surface area contributed by atoms with Gasteiger partial charge >= 0.3 is 6.09 Å². The molecule has 0 fully saturated rings. The summed E-state index contributed by atoms with van der Waals surface area (Å²) in [4.78, 5) is 11.1. The summed E-state index contributed by atoms with van der Waals surface area (Å²) < 4.78 is 4.96. The predicted octanol–water partition coefficient (Wildman–Crippen LogP) is 0.254. The van der Waals surface area contributed by atoms with E-state index in [9.17, 15) is 4.79 Å². The van der Waals surface area contributed by atoms with Gasteiger partial charge in [0.15, 0.2) is 0 Å². The SMILES string of the molecule is CC(C)(C)OC(=O)NCCC(O)CO. The molecule has 0 rings (SSSR count). The summed E-state index contributed by atoms with van der Waals surface area (Å²) >= 11 is 0. The average molecular weight is 205 g/mol. The molecule has 1 atom stereocenters. The van der Waals surface area contributed by atoms with Crippen molar-refractivity contribution in [3.05, 3.63) is 0 Å². The fraction of sp³-hybridized carbons (Fsp3) is 0.889. The second-order valence-electron chi connectivity index (χ2n) is 4.05. The van der Waals surface area contributed by atoms with Crippen LogP contribution in [0.1, 0.15) is 27.2 Å². The standard InChI is InChI=1S/C9H19NO4/c1-9(2,3)14-8(13)10-5-4-7(12)6-11/h7,11-12H,4-6H2,1-3H3,(H,10,13). The van der Waals surface area contributed by atoms with Crippen molar-refractivity contribution in [2.45, 2.75) is 38.9 Å². The van der Waals surface area contributed by atoms with Gasteiger partial charge in [-0.05, 0) is 27.2 Å². The van der Waals surface area contributed by atoms with E-state index in [0.29, 0.717) is 6.42 Å². The van der Waals surface area contributed by atoms with Gasteiger partial charge in [0.25, 0.3) is 0 Å². The van der Waals surface area contributed by atoms with Gasteiger partial charge in [-0.15, -0.1) is 0 Å². The highest BCUT2D eigenvalue weighted by Crippen LogP contribution is 2.06. The van der Waals surface area contributed by atoms with Gasteiger partial charge in [0.05, 0.1) is 12.7 Å². The monoisotopic (exact) mass is 205 g/mol. The van der Waals surface area contributed by atoms with Gasteiger partial charge in [-0.2, -0.15) is 0 Å². The number of aliphatic hydroxyl groups excluding tert-OH is 2. The van der Waals surface area contributed by atoms with Crippen molar-refractivity contribution in [1.82, 2.24) is 5.32 Å². The Hall–Kier alpha value is -0.810. The zero-order valence-electron chi connectivity index (χ0n) is 8.91. The van der Waals surface area contributed by atoms with Crippen molar-refractivity contribution in [1.29, 1.82) is 0 Å². The molecule has 1 amide bonds. The summed E-state index contributed by atoms with van der Waals surface area (Å²) in [6.07, 6.45) is -0.983. The third-order valence-electron chi connectivity index (χ3n) is 1.36. The molecular formula is C9H19NO4. The molecule has 0 aliphatic heterocycles. The minimum Gasteiger partial charge on any atom is -0.444 e. The van der Waals surface area contributed by atoms with Crippen LogP contribution < -0.4 is 5.32 Å². The lowest BCUT2D eigenvalue weighted by Crippen LogP contribution is -2.34. The molecule has 84 valence electrons. The second-order valence-corrected chi connectivity index (χ2v) is 4.05. The van der Waals surface area contributed by atoms with E-state index < -0.39 is 17.8 Å². The molecule has 3 N–H and O–H groups in total. The second kappa shape index (κ2) is 5.82. The number of carbonyl (C=O) groups excluding carboxylic acids is 1. The van der Waals surface area contributed by atoms with Crippen LogP contribution >= 0.6 is 0 Å². The number of hydrogen-bond acceptors (Lipinski definition) is 4. The fourth-order valence-corrected chi connectivity index (χ4v) is 0.746. The van der Waals surface area contributed by atoms with Gasteiger partial charge in [-0.1, -0.05) is 0 Å². The van der Waals surface area contributed by atoms with Crippen LogP contribution in [0.2, 0.25) is 0 Å². The molecule has 0 bridgehead atoms. The minimum atomic E-state index is -0.787. The first-order chi connectivity index (χ1) is 6.35. The van der Waals surface area contributed by atoms with E-state index in [1.54, 1.807) is 20.8 Å². The van der Waals surface area contributed by atoms with Gasteiger partial charge in [-0.25, -0.2) is 4.79 Å². The van der Waals surface area contributed by atoms with Crippen LogP contribution in [-0.4, -0.2) is 41.2 Å². The number of aliphatic hydroxyl groups is 2. The summed E-state index contributed by atoms with van der Waals surface area (Å²) in [5.41, 5.74) is -0.514. The molecule has 0 aromatic rings. The van der Waals surface area contributed by atoms with E-state index in [1.165, 1.54) is 0 Å². The zero-order valence-corrected chi connectivity index (χ0v) is 8.91. The molecule has 0 aromatic carbocycles. The summed E-state index contributed by atoms with van der Waals surface area (Å²) in [6.45, 7) is 5.31. The molecular weight excluding hydrogens is 186 g/mol. The molecule has 1 unspecified atom stereocenters. The quantitative estimate of drug-likeness (QED) is 0.615. The molecule has 0 heterocycles. The molecule has 5 nitrogen and oxygen atoms in total. The van der Waals surface area contributed by atoms with Gasteiger partial charge in [0.2, 0.25) is 0 Å². The van der Waals surface area contributed by atoms with Crippen LogP contribution in [0.4, 0.5) is 4.79 Å². The number of ether oxygens (including phenoxy) is 1. The Balaban J connectivity index is 3.55. The van der Waals surface area contributed by atoms with E-state index in [2.05, 4.69) is 5.32 Å². The lowest BCUT2D eigenvalue weighted by molar-refractivity contribution is 0.0501. The Morgan fingerprint density at radius 3 is 2.50 bits per heavy atom. The number of rotatable bonds is 4. The summed E-state index contributed by atoms with van der Waals surface area (Å²) in [5, 5.41) is 19.9. The molecule has 0 aliphatic carbocycles. The van der Waals surface area contributed by atoms with Crippen molar-refractivity contribution in [3.8, 4) is 0 Å². The Morgan fingerprint density at radius 2 is 2.07 bits per heavy atom. The Bertz CT molecular complexity index is 176. The van der Waals surface area contributed by atoms with E-state index in [4.69, 9.17) is 14.9 Å². The van der Waals surface area contributed by atoms with Crippen molar-refractivity contribution < 1.29 is 19.7 Å². The molecule has 0 spiro atoms. The highest BCUT2D eigenvalue weighted by molar-refractivity contribution is 5.67. The molecule has 14 heavy (non-hydrogen) atoms. The normalized spacial score (nSPS) is 13.5. The van der Waals surface area contributed by atoms with Crippen molar-refractivity contribution in [3.63, 3.8) is 0 Å². The Morgan fingerprint density at radius 1 is 1.50 bits per heavy atom. The number of alkyl carbamates (subject to hydrolysis) is 1. The maximum Gasteiger partial charge on any atom is 0.407 e. The molecule has 5 heteroatoms. The molecule has 0 radical (unpaired) electrons. The zero-order chi connectivity index (χ0) is 11.2. The van der Waals surface area contributed by atoms with Gasteiger partial charge in [0, 0.05) is 6.54 Å². The molecule has 0 saturated carbocycles. The van der Waals surface area contributed by atoms with Crippen LogP contribution in [0.5, 0.6) is 0 Å². The Kier molecular flexibility index (Phi) is 5.49. The Labute approximate surface area is 84.1 Å². The van der Waals surface area contributed by atoms with Gasteiger partial charge in [-0.3, -0.25) is 0 Å². The fourth-order valence-electron chi connectivity index (χ4n) is 0.746. The maximum atomic E-state index is 11.1. The van der Waals surface area contributed by atoms with Crippen molar-refractivity contribution in [2.24, 2.45) is 0 Å². The van der Waals surface area contributed by atoms with Crippen molar-refractivity contribution in [2.75, 3.05) is 13.2 Å². The number of carbonyl (C=O) groups is 1. The lowest BCUT2D eigenvalue weighted by atomic mass is 10.2. The van der Waals surface area contributed by atoms with E-state index in [0.717, 1.165) is 0 Å². The molecule has 0 aliphatic rings. The van der Waals surface area contributed by atoms with E-state index in [1.807, 2.05) is 0 Å². The van der Waals surface area contributed by atoms with E-state index >= 15 is 0 Å². The average Bonchev–Trinajstić information content (AvgIpc) is 2.00. The highest BCUT2D eigenvalue weighted by atomic mass is 16.6. The number of amides is 1. The van der Waals surface area contributed by atoms with Crippen LogP contribution in [0.3, 0.4) is 0 Å². The minimum absolute atomic E-state index is 0.288. The summed E-state index contributed by atoms with van der Waals surface area (Å²) in [7, 11) is 0. The van der Waals surface area contributed by atoms with Crippen LogP contribution in [0.15, 0.2) is 0 Å². The van der Waals surface area contributed by atoms with Crippen molar-refractivity contribution >= 4 is 6.09 Å². The summed E-state index contributed by atoms with van der Waals surface area (Å²) in [5.74, 6) is 0. The third kappa shape index (κ3) is 7.82. The van der Waals surface area contributed by atoms with Crippen LogP contribution in [-0.2, 0) is 4.74 Å². The lowest BCUT2D eigenvalue weighted by Gasteiger charge is -2.19. The highest BCUT2D eigenvalue weighted by Gasteiger charge is 2.15. The molecule has 0 saturated heterocycles. The maximum absolute atomic E-state index is 11.1.